The topological polar surface area (TPSA) is 86.2 Å². The van der Waals surface area contributed by atoms with E-state index in [0.29, 0.717) is 16.5 Å². The average molecular weight is 311 g/mol. The molecule has 1 heterocycles. The first-order valence-electron chi connectivity index (χ1n) is 5.22. The molecular weight excluding hydrogens is 300 g/mol. The number of phenols is 1. The molecular formula is C12H11BrN2O3. The van der Waals surface area contributed by atoms with Gasteiger partial charge >= 0.3 is 5.97 Å². The van der Waals surface area contributed by atoms with Crippen molar-refractivity contribution in [3.8, 4) is 5.75 Å². The fraction of sp³-hybridized carbons (Fsp3) is 0.167. The Hall–Kier alpha value is -1.82. The molecule has 18 heavy (non-hydrogen) atoms. The number of aromatic carboxylic acids is 1. The van der Waals surface area contributed by atoms with Crippen LogP contribution in [0.25, 0.3) is 0 Å². The van der Waals surface area contributed by atoms with Gasteiger partial charge in [-0.3, -0.25) is 0 Å². The van der Waals surface area contributed by atoms with Gasteiger partial charge in [-0.15, -0.1) is 0 Å². The number of H-pyrrole nitrogens is 1. The lowest BCUT2D eigenvalue weighted by Gasteiger charge is -2.11. The first kappa shape index (κ1) is 12.6. The van der Waals surface area contributed by atoms with E-state index in [0.717, 1.165) is 11.3 Å². The highest BCUT2D eigenvalue weighted by Gasteiger charge is 2.18. The number of hydrogen-bond donors (Lipinski definition) is 3. The number of nitrogens with one attached hydrogen (secondary N) is 1. The van der Waals surface area contributed by atoms with Crippen LogP contribution in [0.5, 0.6) is 5.75 Å². The fourth-order valence-electron chi connectivity index (χ4n) is 1.74. The summed E-state index contributed by atoms with van der Waals surface area (Å²) in [6, 6.07) is 1.40. The molecule has 0 aliphatic carbocycles. The molecule has 0 aliphatic rings. The van der Waals surface area contributed by atoms with Crippen LogP contribution in [-0.2, 0) is 6.42 Å². The maximum Gasteiger partial charge on any atom is 0.339 e. The zero-order valence-electron chi connectivity index (χ0n) is 9.57. The number of carboxylic acid groups (broad SMARTS) is 1. The highest BCUT2D eigenvalue weighted by atomic mass is 79.9. The zero-order chi connectivity index (χ0) is 13.3. The van der Waals surface area contributed by atoms with Crippen molar-refractivity contribution in [1.29, 1.82) is 0 Å². The number of carboxylic acids is 1. The average Bonchev–Trinajstić information content (AvgIpc) is 2.81. The Morgan fingerprint density at radius 3 is 2.83 bits per heavy atom. The molecule has 2 aromatic rings. The number of rotatable bonds is 3. The summed E-state index contributed by atoms with van der Waals surface area (Å²) in [4.78, 5) is 17.9. The van der Waals surface area contributed by atoms with Crippen LogP contribution in [0.15, 0.2) is 23.1 Å². The fourth-order valence-corrected chi connectivity index (χ4v) is 2.20. The van der Waals surface area contributed by atoms with Crippen molar-refractivity contribution in [2.45, 2.75) is 13.3 Å². The second kappa shape index (κ2) is 4.81. The Morgan fingerprint density at radius 2 is 2.28 bits per heavy atom. The largest absolute Gasteiger partial charge is 0.507 e. The first-order valence-corrected chi connectivity index (χ1v) is 6.02. The minimum absolute atomic E-state index is 0.113. The summed E-state index contributed by atoms with van der Waals surface area (Å²) in [6.45, 7) is 1.82. The minimum Gasteiger partial charge on any atom is -0.507 e. The van der Waals surface area contributed by atoms with Crippen molar-refractivity contribution in [3.63, 3.8) is 0 Å². The van der Waals surface area contributed by atoms with Crippen LogP contribution in [0.1, 0.15) is 27.2 Å². The highest BCUT2D eigenvalue weighted by molar-refractivity contribution is 9.10. The smallest absolute Gasteiger partial charge is 0.339 e. The van der Waals surface area contributed by atoms with Gasteiger partial charge in [-0.2, -0.15) is 0 Å². The van der Waals surface area contributed by atoms with E-state index in [2.05, 4.69) is 25.9 Å². The van der Waals surface area contributed by atoms with Gasteiger partial charge in [0.2, 0.25) is 0 Å². The maximum absolute atomic E-state index is 11.0. The van der Waals surface area contributed by atoms with Gasteiger partial charge in [0.05, 0.1) is 12.0 Å². The summed E-state index contributed by atoms with van der Waals surface area (Å²) in [6.07, 6.45) is 3.62. The van der Waals surface area contributed by atoms with Crippen molar-refractivity contribution in [1.82, 2.24) is 9.97 Å². The first-order chi connectivity index (χ1) is 8.50. The van der Waals surface area contributed by atoms with E-state index in [-0.39, 0.29) is 11.3 Å². The van der Waals surface area contributed by atoms with E-state index in [1.54, 1.807) is 6.20 Å². The van der Waals surface area contributed by atoms with E-state index < -0.39 is 5.97 Å². The zero-order valence-corrected chi connectivity index (χ0v) is 11.2. The van der Waals surface area contributed by atoms with Crippen molar-refractivity contribution >= 4 is 21.9 Å². The van der Waals surface area contributed by atoms with Gasteiger partial charge in [-0.05, 0) is 18.6 Å². The predicted molar refractivity (Wildman–Crippen MR) is 68.9 cm³/mol. The summed E-state index contributed by atoms with van der Waals surface area (Å²) >= 11 is 3.30. The molecule has 3 N–H and O–H groups in total. The third kappa shape index (κ3) is 2.24. The summed E-state index contributed by atoms with van der Waals surface area (Å²) < 4.78 is 0.656. The van der Waals surface area contributed by atoms with Crippen molar-refractivity contribution in [2.75, 3.05) is 0 Å². The number of aromatic amines is 1. The highest BCUT2D eigenvalue weighted by Crippen LogP contribution is 2.33. The third-order valence-electron chi connectivity index (χ3n) is 2.77. The van der Waals surface area contributed by atoms with Crippen LogP contribution in [0.2, 0.25) is 0 Å². The van der Waals surface area contributed by atoms with Crippen molar-refractivity contribution < 1.29 is 15.0 Å². The summed E-state index contributed by atoms with van der Waals surface area (Å²) in [5.41, 5.74) is 2.00. The molecule has 0 aliphatic heterocycles. The SMILES string of the molecule is Cc1c(Br)cc(C(=O)O)c(O)c1Cc1c[nH]cn1. The Bertz CT molecular complexity index is 594. The lowest BCUT2D eigenvalue weighted by molar-refractivity contribution is 0.0693. The number of aromatic nitrogens is 2. The Labute approximate surface area is 112 Å². The van der Waals surface area contributed by atoms with Crippen LogP contribution in [0, 0.1) is 6.92 Å². The van der Waals surface area contributed by atoms with Gasteiger partial charge in [0, 0.05) is 22.7 Å². The normalized spacial score (nSPS) is 10.6. The van der Waals surface area contributed by atoms with Crippen LogP contribution in [0.3, 0.4) is 0 Å². The van der Waals surface area contributed by atoms with Gasteiger partial charge < -0.3 is 15.2 Å². The quantitative estimate of drug-likeness (QED) is 0.813. The second-order valence-electron chi connectivity index (χ2n) is 3.90. The molecule has 0 bridgehead atoms. The molecule has 94 valence electrons. The molecule has 0 saturated carbocycles. The maximum atomic E-state index is 11.0. The number of halogens is 1. The van der Waals surface area contributed by atoms with E-state index in [4.69, 9.17) is 5.11 Å². The van der Waals surface area contributed by atoms with Crippen molar-refractivity contribution in [3.05, 3.63) is 45.4 Å². The van der Waals surface area contributed by atoms with Gasteiger partial charge in [-0.1, -0.05) is 15.9 Å². The number of hydrogen-bond acceptors (Lipinski definition) is 3. The number of benzene rings is 1. The predicted octanol–water partition coefficient (Wildman–Crippen LogP) is 2.48. The molecule has 0 fully saturated rings. The van der Waals surface area contributed by atoms with Crippen LogP contribution in [0.4, 0.5) is 0 Å². The number of carbonyl (C=O) groups is 1. The van der Waals surface area contributed by atoms with E-state index in [1.165, 1.54) is 12.4 Å². The molecule has 0 saturated heterocycles. The lowest BCUT2D eigenvalue weighted by atomic mass is 9.99. The van der Waals surface area contributed by atoms with E-state index in [9.17, 15) is 9.90 Å². The molecule has 2 rings (SSSR count). The Morgan fingerprint density at radius 1 is 1.56 bits per heavy atom. The monoisotopic (exact) mass is 310 g/mol. The summed E-state index contributed by atoms with van der Waals surface area (Å²) in [7, 11) is 0. The molecule has 6 heteroatoms. The Kier molecular flexibility index (Phi) is 3.38. The molecule has 1 aromatic carbocycles. The van der Waals surface area contributed by atoms with Crippen LogP contribution in [-0.4, -0.2) is 26.2 Å². The molecule has 0 atom stereocenters. The number of nitrogens with zero attached hydrogens (tertiary/aromatic N) is 1. The molecule has 0 spiro atoms. The third-order valence-corrected chi connectivity index (χ3v) is 3.59. The molecule has 0 radical (unpaired) electrons. The Balaban J connectivity index is 2.54. The van der Waals surface area contributed by atoms with E-state index >= 15 is 0 Å². The summed E-state index contributed by atoms with van der Waals surface area (Å²) in [5, 5.41) is 19.1. The standard InChI is InChI=1S/C12H11BrN2O3/c1-6-8(2-7-4-14-5-15-7)11(16)9(12(17)18)3-10(6)13/h3-5,16H,2H2,1H3,(H,14,15)(H,17,18). The second-order valence-corrected chi connectivity index (χ2v) is 4.75. The van der Waals surface area contributed by atoms with Gasteiger partial charge in [0.1, 0.15) is 11.3 Å². The van der Waals surface area contributed by atoms with Crippen LogP contribution < -0.4 is 0 Å². The van der Waals surface area contributed by atoms with Gasteiger partial charge in [-0.25, -0.2) is 9.78 Å². The number of aromatic hydroxyl groups is 1. The van der Waals surface area contributed by atoms with Gasteiger partial charge in [0.15, 0.2) is 0 Å². The molecule has 5 nitrogen and oxygen atoms in total. The van der Waals surface area contributed by atoms with E-state index in [1.807, 2.05) is 6.92 Å². The van der Waals surface area contributed by atoms with Crippen LogP contribution >= 0.6 is 15.9 Å². The molecule has 0 unspecified atom stereocenters. The lowest BCUT2D eigenvalue weighted by Crippen LogP contribution is -2.03. The molecule has 1 aromatic heterocycles. The number of imidazole rings is 1. The van der Waals surface area contributed by atoms with Crippen molar-refractivity contribution in [2.24, 2.45) is 0 Å². The summed E-state index contributed by atoms with van der Waals surface area (Å²) in [5.74, 6) is -1.36. The minimum atomic E-state index is -1.16. The molecule has 0 amide bonds. The van der Waals surface area contributed by atoms with Gasteiger partial charge in [0.25, 0.3) is 0 Å².